The summed E-state index contributed by atoms with van der Waals surface area (Å²) in [5.41, 5.74) is 1.58. The molecule has 5 nitrogen and oxygen atoms in total. The van der Waals surface area contributed by atoms with E-state index in [2.05, 4.69) is 15.2 Å². The van der Waals surface area contributed by atoms with Crippen molar-refractivity contribution in [2.75, 3.05) is 13.1 Å². The van der Waals surface area contributed by atoms with Crippen molar-refractivity contribution in [3.63, 3.8) is 0 Å². The Morgan fingerprint density at radius 3 is 3.18 bits per heavy atom. The highest BCUT2D eigenvalue weighted by Crippen LogP contribution is 2.31. The molecule has 0 radical (unpaired) electrons. The molecule has 1 saturated heterocycles. The quantitative estimate of drug-likeness (QED) is 0.851. The van der Waals surface area contributed by atoms with Gasteiger partial charge in [0.2, 0.25) is 0 Å². The van der Waals surface area contributed by atoms with Crippen molar-refractivity contribution in [3.05, 3.63) is 46.5 Å². The Labute approximate surface area is 132 Å². The van der Waals surface area contributed by atoms with Gasteiger partial charge in [0.15, 0.2) is 0 Å². The van der Waals surface area contributed by atoms with Crippen LogP contribution in [0.25, 0.3) is 0 Å². The van der Waals surface area contributed by atoms with Crippen LogP contribution in [0.5, 0.6) is 0 Å². The summed E-state index contributed by atoms with van der Waals surface area (Å²) in [5, 5.41) is 8.60. The van der Waals surface area contributed by atoms with Crippen molar-refractivity contribution in [1.82, 2.24) is 19.9 Å². The lowest BCUT2D eigenvalue weighted by Crippen LogP contribution is -2.48. The number of likely N-dealkylation sites (tertiary alicyclic amines) is 1. The minimum absolute atomic E-state index is 0.0634. The molecule has 2 aliphatic heterocycles. The number of ether oxygens (including phenoxy) is 1. The highest BCUT2D eigenvalue weighted by atomic mass is 35.5. The Kier molecular flexibility index (Phi) is 3.60. The first-order valence-electron chi connectivity index (χ1n) is 7.38. The van der Waals surface area contributed by atoms with Crippen LogP contribution in [0.1, 0.15) is 23.7 Å². The molecule has 2 aliphatic rings. The van der Waals surface area contributed by atoms with E-state index in [0.29, 0.717) is 23.7 Å². The molecule has 0 amide bonds. The molecule has 7 heteroatoms. The lowest BCUT2D eigenvalue weighted by Gasteiger charge is -2.41. The third-order valence-electron chi connectivity index (χ3n) is 4.46. The maximum atomic E-state index is 13.9. The van der Waals surface area contributed by atoms with Gasteiger partial charge in [-0.1, -0.05) is 22.9 Å². The number of halogens is 2. The number of nitrogens with zero attached hydrogens (tertiary/aromatic N) is 4. The van der Waals surface area contributed by atoms with E-state index in [1.165, 1.54) is 6.07 Å². The van der Waals surface area contributed by atoms with E-state index >= 15 is 0 Å². The minimum Gasteiger partial charge on any atom is -0.368 e. The van der Waals surface area contributed by atoms with Crippen LogP contribution >= 0.6 is 11.6 Å². The van der Waals surface area contributed by atoms with Gasteiger partial charge in [-0.25, -0.2) is 9.07 Å². The predicted octanol–water partition coefficient (Wildman–Crippen LogP) is 2.42. The van der Waals surface area contributed by atoms with E-state index in [1.54, 1.807) is 18.3 Å². The molecule has 0 unspecified atom stereocenters. The number of hydrogen-bond acceptors (Lipinski definition) is 4. The van der Waals surface area contributed by atoms with E-state index in [0.717, 1.165) is 25.2 Å². The normalized spacial score (nSPS) is 24.8. The van der Waals surface area contributed by atoms with Gasteiger partial charge in [0.05, 0.1) is 30.6 Å². The first-order valence-corrected chi connectivity index (χ1v) is 7.76. The Morgan fingerprint density at radius 2 is 2.32 bits per heavy atom. The molecule has 3 heterocycles. The van der Waals surface area contributed by atoms with Crippen LogP contribution in [0.3, 0.4) is 0 Å². The number of piperidine rings is 1. The topological polar surface area (TPSA) is 43.2 Å². The van der Waals surface area contributed by atoms with Crippen molar-refractivity contribution in [3.8, 4) is 0 Å². The number of benzene rings is 1. The number of rotatable bonds is 2. The van der Waals surface area contributed by atoms with Crippen molar-refractivity contribution >= 4 is 11.6 Å². The van der Waals surface area contributed by atoms with E-state index in [-0.39, 0.29) is 18.0 Å². The molecule has 2 atom stereocenters. The molecule has 0 aliphatic carbocycles. The summed E-state index contributed by atoms with van der Waals surface area (Å²) in [7, 11) is 0. The van der Waals surface area contributed by atoms with Gasteiger partial charge in [-0.15, -0.1) is 5.10 Å². The van der Waals surface area contributed by atoms with E-state index in [4.69, 9.17) is 16.3 Å². The summed E-state index contributed by atoms with van der Waals surface area (Å²) in [4.78, 5) is 2.19. The van der Waals surface area contributed by atoms with Crippen LogP contribution in [0.4, 0.5) is 4.39 Å². The van der Waals surface area contributed by atoms with Crippen LogP contribution in [0, 0.1) is 5.82 Å². The van der Waals surface area contributed by atoms with Crippen LogP contribution in [0.15, 0.2) is 24.4 Å². The zero-order valence-corrected chi connectivity index (χ0v) is 12.7. The zero-order chi connectivity index (χ0) is 15.1. The summed E-state index contributed by atoms with van der Waals surface area (Å²) in [6.07, 6.45) is 2.72. The Morgan fingerprint density at radius 1 is 1.41 bits per heavy atom. The van der Waals surface area contributed by atoms with Gasteiger partial charge in [0.1, 0.15) is 5.82 Å². The van der Waals surface area contributed by atoms with Crippen LogP contribution in [-0.2, 0) is 17.9 Å². The second-order valence-corrected chi connectivity index (χ2v) is 6.22. The van der Waals surface area contributed by atoms with Crippen LogP contribution in [0.2, 0.25) is 5.02 Å². The molecule has 0 spiro atoms. The molecule has 22 heavy (non-hydrogen) atoms. The van der Waals surface area contributed by atoms with Gasteiger partial charge in [-0.05, 0) is 18.6 Å². The third-order valence-corrected chi connectivity index (χ3v) is 4.81. The molecule has 0 N–H and O–H groups in total. The average molecular weight is 323 g/mol. The number of aromatic nitrogens is 3. The van der Waals surface area contributed by atoms with Gasteiger partial charge < -0.3 is 4.74 Å². The monoisotopic (exact) mass is 322 g/mol. The van der Waals surface area contributed by atoms with Gasteiger partial charge >= 0.3 is 0 Å². The summed E-state index contributed by atoms with van der Waals surface area (Å²) >= 11 is 6.12. The third kappa shape index (κ3) is 2.41. The number of fused-ring (bicyclic) bond motifs is 3. The minimum atomic E-state index is -0.252. The van der Waals surface area contributed by atoms with E-state index in [1.807, 2.05) is 4.68 Å². The molecule has 0 bridgehead atoms. The molecule has 116 valence electrons. The largest absolute Gasteiger partial charge is 0.368 e. The maximum absolute atomic E-state index is 13.9. The molecule has 2 aromatic rings. The average Bonchev–Trinajstić information content (AvgIpc) is 3.00. The van der Waals surface area contributed by atoms with Crippen molar-refractivity contribution in [2.24, 2.45) is 0 Å². The van der Waals surface area contributed by atoms with Gasteiger partial charge in [-0.2, -0.15) is 0 Å². The molecule has 4 rings (SSSR count). The summed E-state index contributed by atoms with van der Waals surface area (Å²) < 4.78 is 21.8. The molecular weight excluding hydrogens is 307 g/mol. The molecule has 1 fully saturated rings. The fraction of sp³-hybridized carbons (Fsp3) is 0.467. The second kappa shape index (κ2) is 5.61. The fourth-order valence-electron chi connectivity index (χ4n) is 3.30. The van der Waals surface area contributed by atoms with Gasteiger partial charge in [-0.3, -0.25) is 4.90 Å². The predicted molar refractivity (Wildman–Crippen MR) is 78.9 cm³/mol. The van der Waals surface area contributed by atoms with E-state index < -0.39 is 0 Å². The van der Waals surface area contributed by atoms with Crippen LogP contribution in [-0.4, -0.2) is 39.1 Å². The van der Waals surface area contributed by atoms with Crippen molar-refractivity contribution < 1.29 is 9.13 Å². The standard InChI is InChI=1S/C15H16ClFN4O/c16-12-2-1-3-13(17)11(12)7-20-5-4-14-15(8-20)22-9-10-6-18-19-21(10)14/h1-3,6,14-15H,4-5,7-9H2/t14-,15-/m0/s1. The van der Waals surface area contributed by atoms with Crippen molar-refractivity contribution in [1.29, 1.82) is 0 Å². The Bertz CT molecular complexity index is 672. The van der Waals surface area contributed by atoms with Gasteiger partial charge in [0, 0.05) is 30.2 Å². The SMILES string of the molecule is Fc1cccc(Cl)c1CN1CC[C@H]2[C@H](C1)OCc1cnnn12. The first kappa shape index (κ1) is 14.1. The van der Waals surface area contributed by atoms with E-state index in [9.17, 15) is 4.39 Å². The molecule has 1 aromatic carbocycles. The molecular formula is C15H16ClFN4O. The Balaban J connectivity index is 1.50. The first-order chi connectivity index (χ1) is 10.7. The lowest BCUT2D eigenvalue weighted by molar-refractivity contribution is -0.0705. The lowest BCUT2D eigenvalue weighted by atomic mass is 9.99. The fourth-order valence-corrected chi connectivity index (χ4v) is 3.52. The maximum Gasteiger partial charge on any atom is 0.129 e. The molecule has 0 saturated carbocycles. The summed E-state index contributed by atoms with van der Waals surface area (Å²) in [6.45, 7) is 2.63. The highest BCUT2D eigenvalue weighted by Gasteiger charge is 2.36. The van der Waals surface area contributed by atoms with Gasteiger partial charge in [0.25, 0.3) is 0 Å². The Hall–Kier alpha value is -1.50. The summed E-state index contributed by atoms with van der Waals surface area (Å²) in [6, 6.07) is 5.03. The smallest absolute Gasteiger partial charge is 0.129 e. The number of hydrogen-bond donors (Lipinski definition) is 0. The highest BCUT2D eigenvalue weighted by molar-refractivity contribution is 6.31. The zero-order valence-electron chi connectivity index (χ0n) is 12.0. The second-order valence-electron chi connectivity index (χ2n) is 5.81. The molecule has 1 aromatic heterocycles. The van der Waals surface area contributed by atoms with Crippen LogP contribution < -0.4 is 0 Å². The van der Waals surface area contributed by atoms with Crippen molar-refractivity contribution in [2.45, 2.75) is 31.7 Å². The summed E-state index contributed by atoms with van der Waals surface area (Å²) in [5.74, 6) is -0.252.